The lowest BCUT2D eigenvalue weighted by atomic mass is 9.78. The van der Waals surface area contributed by atoms with Crippen LogP contribution < -0.4 is 0 Å². The summed E-state index contributed by atoms with van der Waals surface area (Å²) < 4.78 is 0. The van der Waals surface area contributed by atoms with Crippen LogP contribution in [-0.2, 0) is 11.6 Å². The van der Waals surface area contributed by atoms with Crippen molar-refractivity contribution < 1.29 is 0 Å². The summed E-state index contributed by atoms with van der Waals surface area (Å²) in [4.78, 5) is 0. The van der Waals surface area contributed by atoms with Gasteiger partial charge in [-0.25, -0.2) is 0 Å². The van der Waals surface area contributed by atoms with Crippen LogP contribution in [0.4, 0.5) is 0 Å². The molecule has 1 aromatic rings. The Morgan fingerprint density at radius 1 is 1.40 bits per heavy atom. The third-order valence-corrected chi connectivity index (χ3v) is 2.71. The highest BCUT2D eigenvalue weighted by Gasteiger charge is 2.32. The SMILES string of the molecule is CC1(P)Cc2ccccc21. The van der Waals surface area contributed by atoms with Crippen LogP contribution in [0, 0.1) is 0 Å². The highest BCUT2D eigenvalue weighted by molar-refractivity contribution is 7.18. The zero-order chi connectivity index (χ0) is 7.19. The van der Waals surface area contributed by atoms with Crippen LogP contribution in [0.3, 0.4) is 0 Å². The fourth-order valence-electron chi connectivity index (χ4n) is 1.62. The summed E-state index contributed by atoms with van der Waals surface area (Å²) in [5.74, 6) is 0. The van der Waals surface area contributed by atoms with Crippen LogP contribution in [0.2, 0.25) is 0 Å². The molecule has 1 heteroatoms. The van der Waals surface area contributed by atoms with E-state index >= 15 is 0 Å². The van der Waals surface area contributed by atoms with Gasteiger partial charge < -0.3 is 0 Å². The first-order chi connectivity index (χ1) is 4.70. The lowest BCUT2D eigenvalue weighted by molar-refractivity contribution is 0.602. The molecule has 0 heterocycles. The average molecular weight is 150 g/mol. The van der Waals surface area contributed by atoms with Gasteiger partial charge in [0.25, 0.3) is 0 Å². The molecule has 52 valence electrons. The van der Waals surface area contributed by atoms with Gasteiger partial charge in [-0.2, -0.15) is 0 Å². The molecule has 0 aromatic heterocycles. The number of rotatable bonds is 0. The second kappa shape index (κ2) is 1.83. The van der Waals surface area contributed by atoms with E-state index in [1.54, 1.807) is 0 Å². The third kappa shape index (κ3) is 0.722. The van der Waals surface area contributed by atoms with Crippen molar-refractivity contribution in [2.24, 2.45) is 0 Å². The van der Waals surface area contributed by atoms with E-state index in [1.807, 2.05) is 0 Å². The standard InChI is InChI=1S/C9H11P/c1-9(10)6-7-4-2-3-5-8(7)9/h2-5H,6,10H2,1H3. The zero-order valence-electron chi connectivity index (χ0n) is 6.09. The minimum Gasteiger partial charge on any atom is -0.126 e. The number of fused-ring (bicyclic) bond motifs is 1. The van der Waals surface area contributed by atoms with Gasteiger partial charge in [-0.05, 0) is 17.5 Å². The summed E-state index contributed by atoms with van der Waals surface area (Å²) in [5.41, 5.74) is 3.01. The fourth-order valence-corrected chi connectivity index (χ4v) is 2.12. The monoisotopic (exact) mass is 150 g/mol. The first-order valence-electron chi connectivity index (χ1n) is 3.57. The zero-order valence-corrected chi connectivity index (χ0v) is 7.25. The fraction of sp³-hybridized carbons (Fsp3) is 0.333. The number of hydrogen-bond acceptors (Lipinski definition) is 0. The minimum atomic E-state index is 0.372. The molecular formula is C9H11P. The van der Waals surface area contributed by atoms with E-state index in [0.717, 1.165) is 0 Å². The predicted octanol–water partition coefficient (Wildman–Crippen LogP) is 2.33. The third-order valence-electron chi connectivity index (χ3n) is 2.19. The van der Waals surface area contributed by atoms with Gasteiger partial charge in [-0.1, -0.05) is 31.2 Å². The van der Waals surface area contributed by atoms with Gasteiger partial charge in [-0.15, -0.1) is 9.24 Å². The Morgan fingerprint density at radius 3 is 2.60 bits per heavy atom. The Balaban J connectivity index is 2.53. The molecular weight excluding hydrogens is 139 g/mol. The molecule has 0 N–H and O–H groups in total. The first-order valence-corrected chi connectivity index (χ1v) is 4.15. The highest BCUT2D eigenvalue weighted by Crippen LogP contribution is 2.45. The summed E-state index contributed by atoms with van der Waals surface area (Å²) in [7, 11) is 2.91. The van der Waals surface area contributed by atoms with E-state index in [2.05, 4.69) is 40.4 Å². The predicted molar refractivity (Wildman–Crippen MR) is 47.2 cm³/mol. The van der Waals surface area contributed by atoms with E-state index < -0.39 is 0 Å². The van der Waals surface area contributed by atoms with Crippen LogP contribution in [0.25, 0.3) is 0 Å². The van der Waals surface area contributed by atoms with Gasteiger partial charge in [0.1, 0.15) is 0 Å². The van der Waals surface area contributed by atoms with Crippen molar-refractivity contribution >= 4 is 9.24 Å². The lowest BCUT2D eigenvalue weighted by Crippen LogP contribution is -2.28. The molecule has 0 spiro atoms. The first kappa shape index (κ1) is 6.37. The normalized spacial score (nSPS) is 29.0. The van der Waals surface area contributed by atoms with Gasteiger partial charge in [0, 0.05) is 5.16 Å². The molecule has 10 heavy (non-hydrogen) atoms. The van der Waals surface area contributed by atoms with Gasteiger partial charge in [0.05, 0.1) is 0 Å². The molecule has 0 fully saturated rings. The Hall–Kier alpha value is -0.350. The van der Waals surface area contributed by atoms with Crippen LogP contribution >= 0.6 is 9.24 Å². The maximum atomic E-state index is 2.91. The Labute approximate surface area is 63.9 Å². The van der Waals surface area contributed by atoms with Gasteiger partial charge in [-0.3, -0.25) is 0 Å². The Morgan fingerprint density at radius 2 is 2.10 bits per heavy atom. The lowest BCUT2D eigenvalue weighted by Gasteiger charge is -2.37. The van der Waals surface area contributed by atoms with E-state index in [4.69, 9.17) is 0 Å². The van der Waals surface area contributed by atoms with Crippen LogP contribution in [0.1, 0.15) is 18.1 Å². The molecule has 0 saturated heterocycles. The quantitative estimate of drug-likeness (QED) is 0.498. The molecule has 0 saturated carbocycles. The second-order valence-corrected chi connectivity index (χ2v) is 4.53. The Bertz CT molecular complexity index is 263. The number of hydrogen-bond donors (Lipinski definition) is 0. The van der Waals surface area contributed by atoms with Crippen molar-refractivity contribution in [3.05, 3.63) is 35.4 Å². The molecule has 2 unspecified atom stereocenters. The maximum Gasteiger partial charge on any atom is 0.0112 e. The summed E-state index contributed by atoms with van der Waals surface area (Å²) >= 11 is 0. The molecule has 0 bridgehead atoms. The van der Waals surface area contributed by atoms with Gasteiger partial charge in [0.2, 0.25) is 0 Å². The number of benzene rings is 1. The van der Waals surface area contributed by atoms with E-state index in [9.17, 15) is 0 Å². The summed E-state index contributed by atoms with van der Waals surface area (Å²) in [6.45, 7) is 2.26. The van der Waals surface area contributed by atoms with E-state index in [-0.39, 0.29) is 0 Å². The molecule has 2 rings (SSSR count). The topological polar surface area (TPSA) is 0 Å². The van der Waals surface area contributed by atoms with E-state index in [1.165, 1.54) is 17.5 Å². The second-order valence-electron chi connectivity index (χ2n) is 3.25. The van der Waals surface area contributed by atoms with Crippen LogP contribution in [0.15, 0.2) is 24.3 Å². The molecule has 0 aliphatic heterocycles. The van der Waals surface area contributed by atoms with Crippen molar-refractivity contribution in [2.45, 2.75) is 18.5 Å². The summed E-state index contributed by atoms with van der Waals surface area (Å²) in [6.07, 6.45) is 1.22. The van der Waals surface area contributed by atoms with Crippen molar-refractivity contribution in [1.82, 2.24) is 0 Å². The smallest absolute Gasteiger partial charge is 0.0112 e. The molecule has 0 radical (unpaired) electrons. The van der Waals surface area contributed by atoms with Crippen LogP contribution in [0.5, 0.6) is 0 Å². The van der Waals surface area contributed by atoms with Gasteiger partial charge >= 0.3 is 0 Å². The van der Waals surface area contributed by atoms with Crippen molar-refractivity contribution in [1.29, 1.82) is 0 Å². The van der Waals surface area contributed by atoms with Crippen molar-refractivity contribution in [2.75, 3.05) is 0 Å². The molecule has 1 aliphatic rings. The molecule has 0 nitrogen and oxygen atoms in total. The van der Waals surface area contributed by atoms with Crippen molar-refractivity contribution in [3.63, 3.8) is 0 Å². The molecule has 1 aliphatic carbocycles. The van der Waals surface area contributed by atoms with Crippen LogP contribution in [-0.4, -0.2) is 0 Å². The highest BCUT2D eigenvalue weighted by atomic mass is 31.0. The summed E-state index contributed by atoms with van der Waals surface area (Å²) in [6, 6.07) is 8.64. The summed E-state index contributed by atoms with van der Waals surface area (Å²) in [5, 5.41) is 0.372. The Kier molecular flexibility index (Phi) is 1.16. The molecule has 0 amide bonds. The average Bonchev–Trinajstić information content (AvgIpc) is 1.86. The van der Waals surface area contributed by atoms with E-state index in [0.29, 0.717) is 5.16 Å². The largest absolute Gasteiger partial charge is 0.126 e. The molecule has 1 aromatic carbocycles. The van der Waals surface area contributed by atoms with Gasteiger partial charge in [0.15, 0.2) is 0 Å². The minimum absolute atomic E-state index is 0.372. The van der Waals surface area contributed by atoms with Crippen molar-refractivity contribution in [3.8, 4) is 0 Å². The maximum absolute atomic E-state index is 2.91. The molecule has 2 atom stereocenters.